The zero-order chi connectivity index (χ0) is 13.0. The molecule has 2 N–H and O–H groups in total. The van der Waals surface area contributed by atoms with Crippen molar-refractivity contribution in [3.8, 4) is 0 Å². The molecule has 5 heteroatoms. The second-order valence-electron chi connectivity index (χ2n) is 3.96. The fraction of sp³-hybridized carbons (Fsp3) is 0.417. The third-order valence-corrected chi connectivity index (χ3v) is 2.32. The predicted molar refractivity (Wildman–Crippen MR) is 60.7 cm³/mol. The number of halogens is 2. The van der Waals surface area contributed by atoms with Gasteiger partial charge in [-0.2, -0.15) is 0 Å². The summed E-state index contributed by atoms with van der Waals surface area (Å²) in [5, 5.41) is 11.6. The van der Waals surface area contributed by atoms with Gasteiger partial charge in [0.15, 0.2) is 11.6 Å². The van der Waals surface area contributed by atoms with Crippen LogP contribution in [0.5, 0.6) is 0 Å². The fourth-order valence-corrected chi connectivity index (χ4v) is 1.50. The Labute approximate surface area is 98.5 Å². The van der Waals surface area contributed by atoms with Gasteiger partial charge in [0.05, 0.1) is 6.10 Å². The summed E-state index contributed by atoms with van der Waals surface area (Å²) in [4.78, 5) is 10.9. The van der Waals surface area contributed by atoms with E-state index in [-0.39, 0.29) is 23.6 Å². The number of hydrogen-bond donors (Lipinski definition) is 2. The number of aliphatic hydroxyl groups excluding tert-OH is 1. The smallest absolute Gasteiger partial charge is 0.221 e. The van der Waals surface area contributed by atoms with E-state index in [2.05, 4.69) is 5.32 Å². The van der Waals surface area contributed by atoms with Gasteiger partial charge in [-0.05, 0) is 31.9 Å². The number of anilines is 1. The summed E-state index contributed by atoms with van der Waals surface area (Å²) in [6.07, 6.45) is -0.146. The van der Waals surface area contributed by atoms with E-state index in [1.54, 1.807) is 6.92 Å². The predicted octanol–water partition coefficient (Wildman–Crippen LogP) is 2.24. The van der Waals surface area contributed by atoms with E-state index in [4.69, 9.17) is 5.11 Å². The highest BCUT2D eigenvalue weighted by Gasteiger charge is 2.14. The Bertz CT molecular complexity index is 419. The van der Waals surface area contributed by atoms with E-state index < -0.39 is 17.7 Å². The molecule has 3 nitrogen and oxygen atoms in total. The number of hydrogen-bond acceptors (Lipinski definition) is 2. The number of aliphatic hydroxyl groups is 1. The number of rotatable bonds is 4. The van der Waals surface area contributed by atoms with Crippen LogP contribution in [0.15, 0.2) is 12.1 Å². The minimum atomic E-state index is -0.975. The summed E-state index contributed by atoms with van der Waals surface area (Å²) in [6.45, 7) is 2.86. The zero-order valence-corrected chi connectivity index (χ0v) is 9.76. The van der Waals surface area contributed by atoms with Crippen molar-refractivity contribution in [2.75, 3.05) is 5.32 Å². The maximum Gasteiger partial charge on any atom is 0.221 e. The van der Waals surface area contributed by atoms with Crippen LogP contribution in [0.4, 0.5) is 14.5 Å². The molecule has 0 aliphatic rings. The highest BCUT2D eigenvalue weighted by molar-refractivity contribution is 5.89. The lowest BCUT2D eigenvalue weighted by Crippen LogP contribution is -2.11. The standard InChI is InChI=1S/C12H15F2NO2/c1-7(16)3-4-9-11(15-8(2)17)6-5-10(13)12(9)14/h5-7,16H,3-4H2,1-2H3,(H,15,17)/t7-/m1/s1. The van der Waals surface area contributed by atoms with Gasteiger partial charge >= 0.3 is 0 Å². The summed E-state index contributed by atoms with van der Waals surface area (Å²) in [5.41, 5.74) is 0.332. The van der Waals surface area contributed by atoms with Crippen molar-refractivity contribution in [2.24, 2.45) is 0 Å². The van der Waals surface area contributed by atoms with E-state index in [0.717, 1.165) is 6.07 Å². The van der Waals surface area contributed by atoms with Crippen molar-refractivity contribution in [3.63, 3.8) is 0 Å². The summed E-state index contributed by atoms with van der Waals surface area (Å²) < 4.78 is 26.6. The molecule has 1 amide bonds. The average Bonchev–Trinajstić information content (AvgIpc) is 2.22. The van der Waals surface area contributed by atoms with Gasteiger partial charge in [0.25, 0.3) is 0 Å². The van der Waals surface area contributed by atoms with Crippen LogP contribution in [0.2, 0.25) is 0 Å². The fourth-order valence-electron chi connectivity index (χ4n) is 1.50. The molecule has 0 aromatic heterocycles. The SMILES string of the molecule is CC(=O)Nc1ccc(F)c(F)c1CC[C@@H](C)O. The van der Waals surface area contributed by atoms with Crippen LogP contribution in [0.1, 0.15) is 25.8 Å². The summed E-state index contributed by atoms with van der Waals surface area (Å²) >= 11 is 0. The van der Waals surface area contributed by atoms with Gasteiger partial charge in [0.1, 0.15) is 0 Å². The molecule has 94 valence electrons. The molecule has 0 spiro atoms. The molecule has 0 aliphatic heterocycles. The Morgan fingerprint density at radius 2 is 2.12 bits per heavy atom. The third-order valence-electron chi connectivity index (χ3n) is 2.32. The highest BCUT2D eigenvalue weighted by atomic mass is 19.2. The van der Waals surface area contributed by atoms with Crippen molar-refractivity contribution < 1.29 is 18.7 Å². The van der Waals surface area contributed by atoms with E-state index in [1.807, 2.05) is 0 Å². The first-order valence-electron chi connectivity index (χ1n) is 5.34. The van der Waals surface area contributed by atoms with Crippen LogP contribution in [0, 0.1) is 11.6 Å². The average molecular weight is 243 g/mol. The molecular weight excluding hydrogens is 228 g/mol. The van der Waals surface area contributed by atoms with Crippen molar-refractivity contribution in [3.05, 3.63) is 29.3 Å². The molecule has 0 fully saturated rings. The first-order valence-corrected chi connectivity index (χ1v) is 5.34. The Morgan fingerprint density at radius 3 is 2.65 bits per heavy atom. The molecule has 17 heavy (non-hydrogen) atoms. The van der Waals surface area contributed by atoms with Crippen LogP contribution in [-0.4, -0.2) is 17.1 Å². The quantitative estimate of drug-likeness (QED) is 0.852. The van der Waals surface area contributed by atoms with Crippen LogP contribution in [-0.2, 0) is 11.2 Å². The van der Waals surface area contributed by atoms with Crippen molar-refractivity contribution in [1.82, 2.24) is 0 Å². The van der Waals surface area contributed by atoms with E-state index in [9.17, 15) is 13.6 Å². The molecule has 0 saturated heterocycles. The second kappa shape index (κ2) is 5.72. The van der Waals surface area contributed by atoms with Gasteiger partial charge in [0, 0.05) is 18.2 Å². The molecular formula is C12H15F2NO2. The normalized spacial score (nSPS) is 12.3. The lowest BCUT2D eigenvalue weighted by atomic mass is 10.0. The van der Waals surface area contributed by atoms with Gasteiger partial charge in [-0.1, -0.05) is 0 Å². The molecule has 1 atom stereocenters. The van der Waals surface area contributed by atoms with Crippen LogP contribution in [0.25, 0.3) is 0 Å². The maximum absolute atomic E-state index is 13.6. The molecule has 0 heterocycles. The summed E-state index contributed by atoms with van der Waals surface area (Å²) in [5.74, 6) is -2.29. The largest absolute Gasteiger partial charge is 0.393 e. The summed E-state index contributed by atoms with van der Waals surface area (Å²) in [7, 11) is 0. The van der Waals surface area contributed by atoms with Crippen LogP contribution < -0.4 is 5.32 Å². The first kappa shape index (κ1) is 13.6. The molecule has 0 bridgehead atoms. The van der Waals surface area contributed by atoms with E-state index in [1.165, 1.54) is 13.0 Å². The Hall–Kier alpha value is -1.49. The molecule has 1 aromatic carbocycles. The Morgan fingerprint density at radius 1 is 1.47 bits per heavy atom. The molecule has 0 aliphatic carbocycles. The van der Waals surface area contributed by atoms with Gasteiger partial charge in [0.2, 0.25) is 5.91 Å². The van der Waals surface area contributed by atoms with Gasteiger partial charge in [-0.15, -0.1) is 0 Å². The van der Waals surface area contributed by atoms with Gasteiger partial charge in [-0.3, -0.25) is 4.79 Å². The van der Waals surface area contributed by atoms with E-state index in [0.29, 0.717) is 6.42 Å². The molecule has 1 rings (SSSR count). The van der Waals surface area contributed by atoms with Crippen molar-refractivity contribution in [2.45, 2.75) is 32.8 Å². The topological polar surface area (TPSA) is 49.3 Å². The van der Waals surface area contributed by atoms with Crippen molar-refractivity contribution >= 4 is 11.6 Å². The molecule has 0 saturated carbocycles. The number of carbonyl (C=O) groups excluding carboxylic acids is 1. The molecule has 1 aromatic rings. The molecule has 0 unspecified atom stereocenters. The number of nitrogens with one attached hydrogen (secondary N) is 1. The highest BCUT2D eigenvalue weighted by Crippen LogP contribution is 2.23. The van der Waals surface area contributed by atoms with E-state index >= 15 is 0 Å². The number of carbonyl (C=O) groups is 1. The maximum atomic E-state index is 13.6. The first-order chi connectivity index (χ1) is 7.91. The third kappa shape index (κ3) is 3.78. The van der Waals surface area contributed by atoms with Gasteiger partial charge < -0.3 is 10.4 Å². The second-order valence-corrected chi connectivity index (χ2v) is 3.96. The molecule has 0 radical (unpaired) electrons. The number of benzene rings is 1. The minimum Gasteiger partial charge on any atom is -0.393 e. The van der Waals surface area contributed by atoms with Crippen LogP contribution >= 0.6 is 0 Å². The summed E-state index contributed by atoms with van der Waals surface area (Å²) in [6, 6.07) is 2.28. The minimum absolute atomic E-state index is 0.0844. The monoisotopic (exact) mass is 243 g/mol. The van der Waals surface area contributed by atoms with Gasteiger partial charge in [-0.25, -0.2) is 8.78 Å². The Kier molecular flexibility index (Phi) is 4.57. The Balaban J connectivity index is 3.03. The van der Waals surface area contributed by atoms with Crippen LogP contribution in [0.3, 0.4) is 0 Å². The lowest BCUT2D eigenvalue weighted by Gasteiger charge is -2.12. The lowest BCUT2D eigenvalue weighted by molar-refractivity contribution is -0.114. The zero-order valence-electron chi connectivity index (χ0n) is 9.76. The van der Waals surface area contributed by atoms with Crippen molar-refractivity contribution in [1.29, 1.82) is 0 Å². The number of amides is 1.